The Morgan fingerprint density at radius 3 is 2.73 bits per heavy atom. The van der Waals surface area contributed by atoms with Crippen molar-refractivity contribution in [2.24, 2.45) is 5.92 Å². The van der Waals surface area contributed by atoms with Gasteiger partial charge in [-0.05, 0) is 128 Å². The molecule has 0 amide bonds. The monoisotopic (exact) mass is 429 g/mol. The highest BCUT2D eigenvalue weighted by Crippen LogP contribution is 2.40. The summed E-state index contributed by atoms with van der Waals surface area (Å²) in [6.07, 6.45) is 23.6. The van der Waals surface area contributed by atoms with Gasteiger partial charge in [0.2, 0.25) is 0 Å². The summed E-state index contributed by atoms with van der Waals surface area (Å²) in [6.45, 7) is 2.40. The van der Waals surface area contributed by atoms with E-state index in [1.165, 1.54) is 60.8 Å². The van der Waals surface area contributed by atoms with E-state index < -0.39 is 0 Å². The number of fused-ring (bicyclic) bond motifs is 2. The first-order chi connectivity index (χ1) is 16.3. The van der Waals surface area contributed by atoms with E-state index in [4.69, 9.17) is 0 Å². The molecular formula is C32H31N. The lowest BCUT2D eigenvalue weighted by molar-refractivity contribution is 0.514. The molecule has 0 N–H and O–H groups in total. The van der Waals surface area contributed by atoms with Gasteiger partial charge in [0.15, 0.2) is 0 Å². The lowest BCUT2D eigenvalue weighted by atomic mass is 9.84. The third-order valence-electron chi connectivity index (χ3n) is 7.09. The van der Waals surface area contributed by atoms with E-state index in [-0.39, 0.29) is 0 Å². The maximum absolute atomic E-state index is 4.38. The second-order valence-corrected chi connectivity index (χ2v) is 9.48. The van der Waals surface area contributed by atoms with Crippen LogP contribution in [0.5, 0.6) is 0 Å². The normalized spacial score (nSPS) is 22.5. The second kappa shape index (κ2) is 10.1. The smallest absolute Gasteiger partial charge is 0.113 e. The number of pyridine rings is 1. The van der Waals surface area contributed by atoms with Crippen molar-refractivity contribution in [3.8, 4) is 11.8 Å². The number of allylic oxidation sites excluding steroid dienone is 10. The molecule has 1 aromatic rings. The van der Waals surface area contributed by atoms with Crippen molar-refractivity contribution in [1.82, 2.24) is 4.98 Å². The van der Waals surface area contributed by atoms with Crippen LogP contribution in [0.4, 0.5) is 0 Å². The van der Waals surface area contributed by atoms with Crippen LogP contribution in [0.1, 0.15) is 70.4 Å². The predicted octanol–water partition coefficient (Wildman–Crippen LogP) is 7.87. The molecule has 4 aliphatic carbocycles. The first-order valence-electron chi connectivity index (χ1n) is 12.5. The Balaban J connectivity index is 1.70. The fraction of sp³-hybridized carbons (Fsp3) is 0.344. The van der Waals surface area contributed by atoms with Crippen molar-refractivity contribution in [1.29, 1.82) is 0 Å². The molecule has 1 fully saturated rings. The van der Waals surface area contributed by atoms with Gasteiger partial charge in [-0.1, -0.05) is 31.1 Å². The summed E-state index contributed by atoms with van der Waals surface area (Å²) in [7, 11) is 0. The molecule has 0 aliphatic heterocycles. The highest BCUT2D eigenvalue weighted by molar-refractivity contribution is 5.62. The van der Waals surface area contributed by atoms with Gasteiger partial charge in [-0.25, -0.2) is 4.98 Å². The molecule has 1 nitrogen and oxygen atoms in total. The minimum absolute atomic E-state index is 0.770. The quantitative estimate of drug-likeness (QED) is 0.327. The van der Waals surface area contributed by atoms with E-state index in [2.05, 4.69) is 59.5 Å². The van der Waals surface area contributed by atoms with Crippen LogP contribution in [-0.4, -0.2) is 4.98 Å². The Morgan fingerprint density at radius 1 is 0.939 bits per heavy atom. The minimum Gasteiger partial charge on any atom is -0.248 e. The van der Waals surface area contributed by atoms with Crippen LogP contribution in [0.3, 0.4) is 0 Å². The van der Waals surface area contributed by atoms with Crippen molar-refractivity contribution >= 4 is 0 Å². The van der Waals surface area contributed by atoms with E-state index in [1.807, 2.05) is 24.3 Å². The summed E-state index contributed by atoms with van der Waals surface area (Å²) in [5.74, 6) is 7.44. The summed E-state index contributed by atoms with van der Waals surface area (Å²) in [6, 6.07) is 5.86. The van der Waals surface area contributed by atoms with Crippen LogP contribution in [0, 0.1) is 17.8 Å². The van der Waals surface area contributed by atoms with Gasteiger partial charge in [0.25, 0.3) is 0 Å². The fourth-order valence-electron chi connectivity index (χ4n) is 5.14. The van der Waals surface area contributed by atoms with Crippen LogP contribution >= 0.6 is 0 Å². The standard InChI is InChI=1S/C32H31N/c1-24-14-16-27-18-21-30-26(17-19-29-13-7-8-22-33-29)9-3-2-4-12-28(30)23-32(31(27)20-15-24)25-10-5-6-11-25/h2,7-10,13,21-24H,4-6,11-12,14-16,20H2,1H3. The SMILES string of the molecule is CC1CCC2=C=CC3=C(C#Cc4ccccn4)C=C=CCCC3=CC(C3=CCCC3)=C2CC1. The second-order valence-electron chi connectivity index (χ2n) is 9.48. The number of hydrogen-bond acceptors (Lipinski definition) is 1. The molecule has 0 spiro atoms. The Morgan fingerprint density at radius 2 is 1.88 bits per heavy atom. The zero-order valence-corrected chi connectivity index (χ0v) is 19.6. The average molecular weight is 430 g/mol. The van der Waals surface area contributed by atoms with Gasteiger partial charge in [0.05, 0.1) is 0 Å². The largest absolute Gasteiger partial charge is 0.248 e. The average Bonchev–Trinajstić information content (AvgIpc) is 3.29. The van der Waals surface area contributed by atoms with E-state index in [0.717, 1.165) is 36.4 Å². The van der Waals surface area contributed by atoms with Crippen LogP contribution in [-0.2, 0) is 0 Å². The molecule has 0 radical (unpaired) electrons. The number of hydrogen-bond donors (Lipinski definition) is 0. The highest BCUT2D eigenvalue weighted by atomic mass is 14.6. The lowest BCUT2D eigenvalue weighted by Gasteiger charge is -2.19. The van der Waals surface area contributed by atoms with Gasteiger partial charge >= 0.3 is 0 Å². The number of aromatic nitrogens is 1. The molecule has 1 heteroatoms. The van der Waals surface area contributed by atoms with Crippen LogP contribution in [0.2, 0.25) is 0 Å². The molecule has 33 heavy (non-hydrogen) atoms. The lowest BCUT2D eigenvalue weighted by Crippen LogP contribution is -2.02. The first kappa shape index (κ1) is 21.6. The third kappa shape index (κ3) is 5.05. The van der Waals surface area contributed by atoms with Gasteiger partial charge in [0, 0.05) is 17.3 Å². The molecule has 5 rings (SSSR count). The van der Waals surface area contributed by atoms with Crippen molar-refractivity contribution in [3.63, 3.8) is 0 Å². The fourth-order valence-corrected chi connectivity index (χ4v) is 5.14. The van der Waals surface area contributed by atoms with Crippen molar-refractivity contribution < 1.29 is 0 Å². The first-order valence-corrected chi connectivity index (χ1v) is 12.5. The Labute approximate surface area is 198 Å². The highest BCUT2D eigenvalue weighted by Gasteiger charge is 2.23. The van der Waals surface area contributed by atoms with Gasteiger partial charge in [-0.15, -0.1) is 11.5 Å². The van der Waals surface area contributed by atoms with Gasteiger partial charge in [-0.2, -0.15) is 0 Å². The summed E-state index contributed by atoms with van der Waals surface area (Å²) < 4.78 is 0. The molecule has 1 aromatic heterocycles. The minimum atomic E-state index is 0.770. The topological polar surface area (TPSA) is 12.9 Å². The van der Waals surface area contributed by atoms with Gasteiger partial charge in [0.1, 0.15) is 5.69 Å². The Bertz CT molecular complexity index is 1250. The Kier molecular flexibility index (Phi) is 6.60. The summed E-state index contributed by atoms with van der Waals surface area (Å²) >= 11 is 0. The van der Waals surface area contributed by atoms with Crippen LogP contribution in [0.25, 0.3) is 0 Å². The summed E-state index contributed by atoms with van der Waals surface area (Å²) in [5.41, 5.74) is 17.5. The van der Waals surface area contributed by atoms with E-state index in [0.29, 0.717) is 0 Å². The van der Waals surface area contributed by atoms with Crippen molar-refractivity contribution in [2.45, 2.75) is 64.7 Å². The zero-order chi connectivity index (χ0) is 22.5. The molecule has 0 aromatic carbocycles. The molecule has 1 atom stereocenters. The summed E-state index contributed by atoms with van der Waals surface area (Å²) in [5, 5.41) is 0. The van der Waals surface area contributed by atoms with Gasteiger partial charge in [-0.3, -0.25) is 0 Å². The van der Waals surface area contributed by atoms with E-state index >= 15 is 0 Å². The molecule has 0 bridgehead atoms. The van der Waals surface area contributed by atoms with Crippen LogP contribution in [0.15, 0.2) is 105 Å². The predicted molar refractivity (Wildman–Crippen MR) is 136 cm³/mol. The number of rotatable bonds is 1. The van der Waals surface area contributed by atoms with Crippen LogP contribution < -0.4 is 0 Å². The molecule has 1 saturated carbocycles. The molecule has 164 valence electrons. The summed E-state index contributed by atoms with van der Waals surface area (Å²) in [4.78, 5) is 4.38. The van der Waals surface area contributed by atoms with E-state index in [9.17, 15) is 0 Å². The maximum atomic E-state index is 4.38. The maximum Gasteiger partial charge on any atom is 0.113 e. The molecule has 0 saturated heterocycles. The van der Waals surface area contributed by atoms with Gasteiger partial charge < -0.3 is 0 Å². The van der Waals surface area contributed by atoms with Crippen molar-refractivity contribution in [2.75, 3.05) is 0 Å². The molecular weight excluding hydrogens is 398 g/mol. The third-order valence-corrected chi connectivity index (χ3v) is 7.09. The van der Waals surface area contributed by atoms with Crippen molar-refractivity contribution in [3.05, 3.63) is 111 Å². The number of nitrogens with zero attached hydrogens (tertiary/aromatic N) is 1. The van der Waals surface area contributed by atoms with E-state index in [1.54, 1.807) is 17.3 Å². The molecule has 1 heterocycles. The molecule has 4 aliphatic rings. The Hall–Kier alpha value is -3.29. The molecule has 1 unspecified atom stereocenters. The zero-order valence-electron chi connectivity index (χ0n) is 19.6.